The van der Waals surface area contributed by atoms with Crippen LogP contribution in [0, 0.1) is 17.1 Å². The van der Waals surface area contributed by atoms with Gasteiger partial charge < -0.3 is 14.7 Å². The van der Waals surface area contributed by atoms with Gasteiger partial charge in [-0.05, 0) is 37.1 Å². The molecule has 3 heterocycles. The minimum Gasteiger partial charge on any atom is -0.368 e. The highest BCUT2D eigenvalue weighted by Crippen LogP contribution is 2.23. The second-order valence-corrected chi connectivity index (χ2v) is 6.69. The van der Waals surface area contributed by atoms with E-state index in [-0.39, 0.29) is 5.82 Å². The molecule has 0 spiro atoms. The molecule has 26 heavy (non-hydrogen) atoms. The third-order valence-electron chi connectivity index (χ3n) is 5.00. The molecule has 7 heteroatoms. The van der Waals surface area contributed by atoms with E-state index in [2.05, 4.69) is 19.7 Å². The van der Waals surface area contributed by atoms with E-state index in [1.165, 1.54) is 25.0 Å². The topological polar surface area (TPSA) is 59.3 Å². The van der Waals surface area contributed by atoms with Crippen LogP contribution in [0.1, 0.15) is 18.4 Å². The van der Waals surface area contributed by atoms with Crippen molar-refractivity contribution in [2.75, 3.05) is 54.0 Å². The van der Waals surface area contributed by atoms with Gasteiger partial charge >= 0.3 is 0 Å². The summed E-state index contributed by atoms with van der Waals surface area (Å²) in [5.74, 6) is 1.38. The second kappa shape index (κ2) is 7.16. The van der Waals surface area contributed by atoms with Crippen molar-refractivity contribution in [1.82, 2.24) is 9.97 Å². The fourth-order valence-electron chi connectivity index (χ4n) is 3.60. The summed E-state index contributed by atoms with van der Waals surface area (Å²) in [5, 5.41) is 9.03. The van der Waals surface area contributed by atoms with Crippen LogP contribution in [0.2, 0.25) is 0 Å². The fourth-order valence-corrected chi connectivity index (χ4v) is 3.60. The lowest BCUT2D eigenvalue weighted by Gasteiger charge is -2.36. The highest BCUT2D eigenvalue weighted by Gasteiger charge is 2.21. The van der Waals surface area contributed by atoms with E-state index in [0.29, 0.717) is 5.56 Å². The molecule has 2 aromatic rings. The molecule has 0 unspecified atom stereocenters. The zero-order chi connectivity index (χ0) is 17.9. The third kappa shape index (κ3) is 3.40. The van der Waals surface area contributed by atoms with E-state index in [0.717, 1.165) is 56.7 Å². The average Bonchev–Trinajstić information content (AvgIpc) is 3.22. The van der Waals surface area contributed by atoms with Crippen molar-refractivity contribution in [2.45, 2.75) is 12.8 Å². The summed E-state index contributed by atoms with van der Waals surface area (Å²) in [6, 6.07) is 8.47. The monoisotopic (exact) mass is 352 g/mol. The molecule has 0 aliphatic carbocycles. The lowest BCUT2D eigenvalue weighted by atomic mass is 10.2. The van der Waals surface area contributed by atoms with Gasteiger partial charge in [-0.2, -0.15) is 10.2 Å². The maximum atomic E-state index is 13.7. The van der Waals surface area contributed by atoms with Crippen LogP contribution in [0.15, 0.2) is 30.5 Å². The van der Waals surface area contributed by atoms with Gasteiger partial charge in [0.1, 0.15) is 11.6 Å². The minimum absolute atomic E-state index is 0.351. The Morgan fingerprint density at radius 2 is 1.65 bits per heavy atom. The lowest BCUT2D eigenvalue weighted by molar-refractivity contribution is 0.617. The molecule has 0 amide bonds. The van der Waals surface area contributed by atoms with Gasteiger partial charge in [-0.1, -0.05) is 0 Å². The molecular weight excluding hydrogens is 331 g/mol. The molecule has 134 valence electrons. The van der Waals surface area contributed by atoms with Gasteiger partial charge in [0.2, 0.25) is 5.95 Å². The second-order valence-electron chi connectivity index (χ2n) is 6.69. The summed E-state index contributed by atoms with van der Waals surface area (Å²) in [7, 11) is 0. The SMILES string of the molecule is N#Cc1cc(F)cc(N2CCN(c3nccc(N4CCCC4)n3)CC2)c1. The third-order valence-corrected chi connectivity index (χ3v) is 5.00. The summed E-state index contributed by atoms with van der Waals surface area (Å²) in [6.45, 7) is 5.14. The number of aromatic nitrogens is 2. The maximum absolute atomic E-state index is 13.7. The Morgan fingerprint density at radius 1 is 0.923 bits per heavy atom. The Morgan fingerprint density at radius 3 is 2.38 bits per heavy atom. The van der Waals surface area contributed by atoms with Crippen LogP contribution in [0.3, 0.4) is 0 Å². The fraction of sp³-hybridized carbons (Fsp3) is 0.421. The van der Waals surface area contributed by atoms with E-state index >= 15 is 0 Å². The Labute approximate surface area is 152 Å². The molecule has 0 saturated carbocycles. The Balaban J connectivity index is 1.45. The van der Waals surface area contributed by atoms with Gasteiger partial charge in [-0.15, -0.1) is 0 Å². The van der Waals surface area contributed by atoms with Gasteiger partial charge in [-0.3, -0.25) is 0 Å². The van der Waals surface area contributed by atoms with Crippen LogP contribution >= 0.6 is 0 Å². The van der Waals surface area contributed by atoms with E-state index in [4.69, 9.17) is 10.2 Å². The predicted octanol–water partition coefficient (Wildman–Crippen LogP) is 2.41. The molecule has 2 aliphatic rings. The number of benzene rings is 1. The highest BCUT2D eigenvalue weighted by molar-refractivity contribution is 5.53. The van der Waals surface area contributed by atoms with Crippen molar-refractivity contribution < 1.29 is 4.39 Å². The number of piperazine rings is 1. The van der Waals surface area contributed by atoms with E-state index in [1.807, 2.05) is 18.3 Å². The van der Waals surface area contributed by atoms with Gasteiger partial charge in [0.05, 0.1) is 11.6 Å². The molecule has 0 bridgehead atoms. The van der Waals surface area contributed by atoms with E-state index < -0.39 is 0 Å². The number of rotatable bonds is 3. The smallest absolute Gasteiger partial charge is 0.227 e. The molecule has 2 aliphatic heterocycles. The van der Waals surface area contributed by atoms with Crippen LogP contribution in [-0.4, -0.2) is 49.2 Å². The van der Waals surface area contributed by atoms with E-state index in [1.54, 1.807) is 6.07 Å². The molecule has 6 nitrogen and oxygen atoms in total. The molecule has 2 fully saturated rings. The molecule has 0 atom stereocenters. The van der Waals surface area contributed by atoms with Gasteiger partial charge in [0.15, 0.2) is 0 Å². The first-order valence-electron chi connectivity index (χ1n) is 9.01. The summed E-state index contributed by atoms with van der Waals surface area (Å²) >= 11 is 0. The molecular formula is C19H21FN6. The van der Waals surface area contributed by atoms with Gasteiger partial charge in [-0.25, -0.2) is 9.37 Å². The van der Waals surface area contributed by atoms with Crippen LogP contribution in [0.5, 0.6) is 0 Å². The van der Waals surface area contributed by atoms with Crippen molar-refractivity contribution >= 4 is 17.5 Å². The number of hydrogen-bond donors (Lipinski definition) is 0. The van der Waals surface area contributed by atoms with Crippen LogP contribution in [0.25, 0.3) is 0 Å². The first-order chi connectivity index (χ1) is 12.7. The lowest BCUT2D eigenvalue weighted by Crippen LogP contribution is -2.47. The normalized spacial score (nSPS) is 17.5. The van der Waals surface area contributed by atoms with Crippen molar-refractivity contribution in [1.29, 1.82) is 5.26 Å². The van der Waals surface area contributed by atoms with Crippen molar-refractivity contribution in [3.63, 3.8) is 0 Å². The summed E-state index contributed by atoms with van der Waals surface area (Å²) in [6.07, 6.45) is 4.26. The molecule has 2 saturated heterocycles. The van der Waals surface area contributed by atoms with Crippen LogP contribution in [0.4, 0.5) is 21.8 Å². The first-order valence-corrected chi connectivity index (χ1v) is 9.01. The number of nitriles is 1. The minimum atomic E-state index is -0.372. The number of nitrogens with zero attached hydrogens (tertiary/aromatic N) is 6. The molecule has 1 aromatic carbocycles. The first kappa shape index (κ1) is 16.6. The molecule has 4 rings (SSSR count). The predicted molar refractivity (Wildman–Crippen MR) is 99.0 cm³/mol. The van der Waals surface area contributed by atoms with Crippen molar-refractivity contribution in [3.05, 3.63) is 41.8 Å². The standard InChI is InChI=1S/C19H21FN6/c20-16-11-15(14-21)12-17(13-16)24-7-9-26(10-8-24)19-22-4-3-18(23-19)25-5-1-2-6-25/h3-4,11-13H,1-2,5-10H2. The van der Waals surface area contributed by atoms with Crippen LogP contribution in [-0.2, 0) is 0 Å². The van der Waals surface area contributed by atoms with Crippen LogP contribution < -0.4 is 14.7 Å². The molecule has 0 N–H and O–H groups in total. The average molecular weight is 352 g/mol. The Bertz CT molecular complexity index is 819. The summed E-state index contributed by atoms with van der Waals surface area (Å²) in [4.78, 5) is 15.7. The van der Waals surface area contributed by atoms with Gasteiger partial charge in [0.25, 0.3) is 0 Å². The molecule has 0 radical (unpaired) electrons. The zero-order valence-corrected chi connectivity index (χ0v) is 14.6. The van der Waals surface area contributed by atoms with E-state index in [9.17, 15) is 4.39 Å². The summed E-state index contributed by atoms with van der Waals surface area (Å²) < 4.78 is 13.7. The maximum Gasteiger partial charge on any atom is 0.227 e. The Kier molecular flexibility index (Phi) is 4.57. The quantitative estimate of drug-likeness (QED) is 0.845. The number of anilines is 3. The van der Waals surface area contributed by atoms with Crippen molar-refractivity contribution in [3.8, 4) is 6.07 Å². The highest BCUT2D eigenvalue weighted by atomic mass is 19.1. The largest absolute Gasteiger partial charge is 0.368 e. The molecule has 1 aromatic heterocycles. The van der Waals surface area contributed by atoms with Crippen molar-refractivity contribution in [2.24, 2.45) is 0 Å². The van der Waals surface area contributed by atoms with Gasteiger partial charge in [0, 0.05) is 51.2 Å². The number of halogens is 1. The number of hydrogen-bond acceptors (Lipinski definition) is 6. The summed E-state index contributed by atoms with van der Waals surface area (Å²) in [5.41, 5.74) is 1.11. The Hall–Kier alpha value is -2.88. The zero-order valence-electron chi connectivity index (χ0n) is 14.6.